The van der Waals surface area contributed by atoms with Gasteiger partial charge < -0.3 is 10.2 Å². The number of aromatic carboxylic acids is 2. The van der Waals surface area contributed by atoms with E-state index in [1.807, 2.05) is 12.1 Å². The van der Waals surface area contributed by atoms with E-state index >= 15 is 0 Å². The van der Waals surface area contributed by atoms with Crippen LogP contribution in [-0.2, 0) is 12.8 Å². The van der Waals surface area contributed by atoms with Gasteiger partial charge in [-0.25, -0.2) is 9.59 Å². The molecule has 0 unspecified atom stereocenters. The summed E-state index contributed by atoms with van der Waals surface area (Å²) in [5.41, 5.74) is 3.06. The first kappa shape index (κ1) is 24.6. The number of carboxylic acids is 2. The predicted molar refractivity (Wildman–Crippen MR) is 125 cm³/mol. The molecule has 0 aliphatic carbocycles. The standard InChI is InChI=1S/C27H36O4/c1-2-3-4-5-6-7-8-9-10-11-12-21-13-15-22(16-14-21)19-24-20-23(26(28)29)17-18-25(24)27(30)31/h13-18,20H,2-12,19H2,1H3,(H,28,29)(H,30,31). The molecule has 0 aliphatic rings. The van der Waals surface area contributed by atoms with E-state index in [2.05, 4.69) is 19.1 Å². The average Bonchev–Trinajstić information content (AvgIpc) is 2.76. The predicted octanol–water partition coefficient (Wildman–Crippen LogP) is 7.14. The molecule has 0 aliphatic heterocycles. The van der Waals surface area contributed by atoms with E-state index in [0.29, 0.717) is 12.0 Å². The molecule has 0 aromatic heterocycles. The van der Waals surface area contributed by atoms with Crippen molar-refractivity contribution < 1.29 is 19.8 Å². The highest BCUT2D eigenvalue weighted by Crippen LogP contribution is 2.19. The number of unbranched alkanes of at least 4 members (excludes halogenated alkanes) is 9. The number of carbonyl (C=O) groups is 2. The van der Waals surface area contributed by atoms with Crippen LogP contribution >= 0.6 is 0 Å². The summed E-state index contributed by atoms with van der Waals surface area (Å²) in [5, 5.41) is 18.6. The maximum absolute atomic E-state index is 11.5. The van der Waals surface area contributed by atoms with Gasteiger partial charge in [0, 0.05) is 0 Å². The lowest BCUT2D eigenvalue weighted by molar-refractivity contribution is 0.0680. The van der Waals surface area contributed by atoms with Gasteiger partial charge in [0.2, 0.25) is 0 Å². The van der Waals surface area contributed by atoms with Gasteiger partial charge in [0.15, 0.2) is 0 Å². The monoisotopic (exact) mass is 424 g/mol. The van der Waals surface area contributed by atoms with E-state index in [0.717, 1.165) is 12.0 Å². The molecule has 31 heavy (non-hydrogen) atoms. The van der Waals surface area contributed by atoms with Gasteiger partial charge in [-0.1, -0.05) is 89.0 Å². The van der Waals surface area contributed by atoms with Crippen LogP contribution < -0.4 is 0 Å². The summed E-state index contributed by atoms with van der Waals surface area (Å²) in [5.74, 6) is -2.09. The maximum atomic E-state index is 11.5. The van der Waals surface area contributed by atoms with Gasteiger partial charge in [-0.2, -0.15) is 0 Å². The minimum atomic E-state index is -1.05. The Balaban J connectivity index is 1.77. The molecule has 2 aromatic carbocycles. The SMILES string of the molecule is CCCCCCCCCCCCc1ccc(Cc2cc(C(=O)O)ccc2C(=O)O)cc1. The van der Waals surface area contributed by atoms with Crippen molar-refractivity contribution in [3.8, 4) is 0 Å². The van der Waals surface area contributed by atoms with E-state index in [4.69, 9.17) is 0 Å². The zero-order valence-corrected chi connectivity index (χ0v) is 18.7. The van der Waals surface area contributed by atoms with Gasteiger partial charge in [0.1, 0.15) is 0 Å². The Bertz CT molecular complexity index is 824. The van der Waals surface area contributed by atoms with E-state index in [1.165, 1.54) is 88.0 Å². The molecule has 2 rings (SSSR count). The highest BCUT2D eigenvalue weighted by molar-refractivity contribution is 5.93. The second-order valence-corrected chi connectivity index (χ2v) is 8.41. The Morgan fingerprint density at radius 2 is 1.23 bits per heavy atom. The first-order chi connectivity index (χ1) is 15.0. The molecule has 0 bridgehead atoms. The molecular weight excluding hydrogens is 388 g/mol. The van der Waals surface area contributed by atoms with Crippen LogP contribution in [-0.4, -0.2) is 22.2 Å². The van der Waals surface area contributed by atoms with Gasteiger partial charge in [-0.15, -0.1) is 0 Å². The summed E-state index contributed by atoms with van der Waals surface area (Å²) < 4.78 is 0. The van der Waals surface area contributed by atoms with Gasteiger partial charge in [-0.05, 0) is 54.2 Å². The summed E-state index contributed by atoms with van der Waals surface area (Å²) in [6, 6.07) is 12.4. The number of benzene rings is 2. The lowest BCUT2D eigenvalue weighted by atomic mass is 9.96. The van der Waals surface area contributed by atoms with Crippen molar-refractivity contribution in [2.75, 3.05) is 0 Å². The van der Waals surface area contributed by atoms with Crippen LogP contribution in [0.3, 0.4) is 0 Å². The molecule has 0 spiro atoms. The molecule has 4 heteroatoms. The largest absolute Gasteiger partial charge is 0.478 e. The molecule has 0 heterocycles. The number of rotatable bonds is 15. The molecule has 2 N–H and O–H groups in total. The molecule has 0 saturated carbocycles. The van der Waals surface area contributed by atoms with Crippen molar-refractivity contribution in [1.29, 1.82) is 0 Å². The summed E-state index contributed by atoms with van der Waals surface area (Å²) in [6.07, 6.45) is 14.8. The van der Waals surface area contributed by atoms with E-state index in [1.54, 1.807) is 0 Å². The number of carboxylic acid groups (broad SMARTS) is 2. The normalized spacial score (nSPS) is 10.9. The number of hydrogen-bond donors (Lipinski definition) is 2. The second-order valence-electron chi connectivity index (χ2n) is 8.41. The van der Waals surface area contributed by atoms with E-state index in [-0.39, 0.29) is 11.1 Å². The van der Waals surface area contributed by atoms with Crippen molar-refractivity contribution >= 4 is 11.9 Å². The first-order valence-corrected chi connectivity index (χ1v) is 11.7. The van der Waals surface area contributed by atoms with Gasteiger partial charge in [0.05, 0.1) is 11.1 Å². The van der Waals surface area contributed by atoms with Crippen LogP contribution in [0.5, 0.6) is 0 Å². The van der Waals surface area contributed by atoms with Crippen LogP contribution in [0.25, 0.3) is 0 Å². The van der Waals surface area contributed by atoms with Crippen LogP contribution in [0, 0.1) is 0 Å². The Labute approximate surface area is 186 Å². The fourth-order valence-corrected chi connectivity index (χ4v) is 3.94. The highest BCUT2D eigenvalue weighted by Gasteiger charge is 2.14. The fourth-order valence-electron chi connectivity index (χ4n) is 3.94. The number of hydrogen-bond acceptors (Lipinski definition) is 2. The molecule has 4 nitrogen and oxygen atoms in total. The average molecular weight is 425 g/mol. The molecule has 0 saturated heterocycles. The number of aryl methyl sites for hydroxylation is 1. The third-order valence-electron chi connectivity index (χ3n) is 5.82. The lowest BCUT2D eigenvalue weighted by Crippen LogP contribution is -2.06. The zero-order valence-electron chi connectivity index (χ0n) is 18.7. The smallest absolute Gasteiger partial charge is 0.335 e. The molecule has 0 amide bonds. The molecular formula is C27H36O4. The van der Waals surface area contributed by atoms with Crippen molar-refractivity contribution in [3.05, 3.63) is 70.3 Å². The topological polar surface area (TPSA) is 74.6 Å². The van der Waals surface area contributed by atoms with Crippen LogP contribution in [0.15, 0.2) is 42.5 Å². The van der Waals surface area contributed by atoms with E-state index < -0.39 is 11.9 Å². The summed E-state index contributed by atoms with van der Waals surface area (Å²) in [7, 11) is 0. The van der Waals surface area contributed by atoms with Gasteiger partial charge >= 0.3 is 11.9 Å². The Hall–Kier alpha value is -2.62. The van der Waals surface area contributed by atoms with Crippen molar-refractivity contribution in [2.45, 2.75) is 84.0 Å². The van der Waals surface area contributed by atoms with E-state index in [9.17, 15) is 19.8 Å². The molecule has 168 valence electrons. The molecule has 0 radical (unpaired) electrons. The van der Waals surface area contributed by atoms with Crippen LogP contribution in [0.4, 0.5) is 0 Å². The van der Waals surface area contributed by atoms with Gasteiger partial charge in [-0.3, -0.25) is 0 Å². The minimum Gasteiger partial charge on any atom is -0.478 e. The van der Waals surface area contributed by atoms with Gasteiger partial charge in [0.25, 0.3) is 0 Å². The summed E-state index contributed by atoms with van der Waals surface area (Å²) in [6.45, 7) is 2.25. The maximum Gasteiger partial charge on any atom is 0.335 e. The van der Waals surface area contributed by atoms with Crippen LogP contribution in [0.1, 0.15) is 109 Å². The molecule has 2 aromatic rings. The van der Waals surface area contributed by atoms with Crippen molar-refractivity contribution in [1.82, 2.24) is 0 Å². The highest BCUT2D eigenvalue weighted by atomic mass is 16.4. The third kappa shape index (κ3) is 8.95. The third-order valence-corrected chi connectivity index (χ3v) is 5.82. The lowest BCUT2D eigenvalue weighted by Gasteiger charge is -2.09. The summed E-state index contributed by atoms with van der Waals surface area (Å²) >= 11 is 0. The minimum absolute atomic E-state index is 0.109. The Morgan fingerprint density at radius 3 is 1.77 bits per heavy atom. The quantitative estimate of drug-likeness (QED) is 0.298. The Morgan fingerprint density at radius 1 is 0.677 bits per heavy atom. The van der Waals surface area contributed by atoms with Crippen molar-refractivity contribution in [2.24, 2.45) is 0 Å². The second kappa shape index (κ2) is 13.6. The molecule has 0 atom stereocenters. The fraction of sp³-hybridized carbons (Fsp3) is 0.481. The van der Waals surface area contributed by atoms with Crippen molar-refractivity contribution in [3.63, 3.8) is 0 Å². The first-order valence-electron chi connectivity index (χ1n) is 11.7. The summed E-state index contributed by atoms with van der Waals surface area (Å²) in [4.78, 5) is 22.7. The zero-order chi connectivity index (χ0) is 22.5. The molecule has 0 fully saturated rings. The Kier molecular flexibility index (Phi) is 10.8. The van der Waals surface area contributed by atoms with Crippen LogP contribution in [0.2, 0.25) is 0 Å².